The summed E-state index contributed by atoms with van der Waals surface area (Å²) in [6, 6.07) is 10.5. The van der Waals surface area contributed by atoms with Crippen molar-refractivity contribution in [3.05, 3.63) is 59.4 Å². The van der Waals surface area contributed by atoms with E-state index in [2.05, 4.69) is 10.3 Å². The lowest BCUT2D eigenvalue weighted by Crippen LogP contribution is -2.15. The maximum Gasteiger partial charge on any atom is 0.354 e. The van der Waals surface area contributed by atoms with Crippen molar-refractivity contribution >= 4 is 17.6 Å². The highest BCUT2D eigenvalue weighted by Gasteiger charge is 2.08. The molecular weight excluding hydrogens is 256 g/mol. The topological polar surface area (TPSA) is 79.3 Å². The minimum atomic E-state index is -1.09. The second-order valence-corrected chi connectivity index (χ2v) is 4.39. The highest BCUT2D eigenvalue weighted by atomic mass is 16.4. The molecule has 1 aromatic carbocycles. The molecule has 1 amide bonds. The summed E-state index contributed by atoms with van der Waals surface area (Å²) in [6.45, 7) is 1.95. The van der Waals surface area contributed by atoms with Gasteiger partial charge in [-0.05, 0) is 30.2 Å². The Bertz CT molecular complexity index is 636. The number of hydrogen-bond acceptors (Lipinski definition) is 3. The Labute approximate surface area is 116 Å². The molecule has 102 valence electrons. The predicted octanol–water partition coefficient (Wildman–Crippen LogP) is 2.27. The highest BCUT2D eigenvalue weighted by molar-refractivity contribution is 5.92. The average molecular weight is 270 g/mol. The van der Waals surface area contributed by atoms with Crippen LogP contribution in [0.3, 0.4) is 0 Å². The Balaban J connectivity index is 2.01. The molecule has 0 saturated carbocycles. The molecule has 1 aromatic heterocycles. The lowest BCUT2D eigenvalue weighted by Gasteiger charge is -2.07. The van der Waals surface area contributed by atoms with E-state index in [9.17, 15) is 9.59 Å². The number of aromatic nitrogens is 1. The van der Waals surface area contributed by atoms with E-state index in [-0.39, 0.29) is 18.0 Å². The normalized spacial score (nSPS) is 10.1. The summed E-state index contributed by atoms with van der Waals surface area (Å²) in [6.07, 6.45) is 1.60. The van der Waals surface area contributed by atoms with Crippen molar-refractivity contribution in [2.45, 2.75) is 13.3 Å². The number of pyridine rings is 1. The number of carboxylic acid groups (broad SMARTS) is 1. The molecule has 0 aliphatic heterocycles. The lowest BCUT2D eigenvalue weighted by atomic mass is 10.1. The van der Waals surface area contributed by atoms with Gasteiger partial charge >= 0.3 is 5.97 Å². The molecule has 0 atom stereocenters. The molecule has 0 fully saturated rings. The Kier molecular flexibility index (Phi) is 4.10. The van der Waals surface area contributed by atoms with Crippen LogP contribution in [0.5, 0.6) is 0 Å². The highest BCUT2D eigenvalue weighted by Crippen LogP contribution is 2.10. The van der Waals surface area contributed by atoms with Crippen molar-refractivity contribution in [3.63, 3.8) is 0 Å². The van der Waals surface area contributed by atoms with E-state index >= 15 is 0 Å². The Morgan fingerprint density at radius 1 is 1.20 bits per heavy atom. The number of rotatable bonds is 4. The summed E-state index contributed by atoms with van der Waals surface area (Å²) in [7, 11) is 0. The first-order valence-corrected chi connectivity index (χ1v) is 6.10. The first-order valence-electron chi connectivity index (χ1n) is 6.10. The van der Waals surface area contributed by atoms with Gasteiger partial charge in [-0.3, -0.25) is 4.79 Å². The Morgan fingerprint density at radius 2 is 1.95 bits per heavy atom. The van der Waals surface area contributed by atoms with E-state index in [4.69, 9.17) is 5.11 Å². The van der Waals surface area contributed by atoms with Gasteiger partial charge in [-0.1, -0.05) is 24.3 Å². The zero-order valence-electron chi connectivity index (χ0n) is 11.0. The van der Waals surface area contributed by atoms with Gasteiger partial charge in [-0.2, -0.15) is 0 Å². The molecule has 0 saturated heterocycles. The van der Waals surface area contributed by atoms with E-state index in [1.54, 1.807) is 0 Å². The van der Waals surface area contributed by atoms with Crippen LogP contribution in [0.4, 0.5) is 5.69 Å². The van der Waals surface area contributed by atoms with Crippen LogP contribution in [0, 0.1) is 6.92 Å². The van der Waals surface area contributed by atoms with Gasteiger partial charge in [-0.15, -0.1) is 0 Å². The fraction of sp³-hybridized carbons (Fsp3) is 0.133. The minimum absolute atomic E-state index is 0.0538. The smallest absolute Gasteiger partial charge is 0.354 e. The van der Waals surface area contributed by atoms with Crippen LogP contribution in [-0.4, -0.2) is 22.0 Å². The molecule has 1 heterocycles. The molecular formula is C15H14N2O3. The largest absolute Gasteiger partial charge is 0.477 e. The number of nitrogens with zero attached hydrogens (tertiary/aromatic N) is 1. The maximum atomic E-state index is 11.9. The Morgan fingerprint density at radius 3 is 2.55 bits per heavy atom. The summed E-state index contributed by atoms with van der Waals surface area (Å²) in [5, 5.41) is 11.4. The monoisotopic (exact) mass is 270 g/mol. The number of carbonyl (C=O) groups is 2. The molecule has 20 heavy (non-hydrogen) atoms. The number of carboxylic acids is 1. The van der Waals surface area contributed by atoms with Crippen LogP contribution in [-0.2, 0) is 11.2 Å². The van der Waals surface area contributed by atoms with Crippen LogP contribution >= 0.6 is 0 Å². The third kappa shape index (κ3) is 3.41. The first kappa shape index (κ1) is 13.7. The predicted molar refractivity (Wildman–Crippen MR) is 74.7 cm³/mol. The van der Waals surface area contributed by atoms with Crippen molar-refractivity contribution in [1.29, 1.82) is 0 Å². The molecule has 5 heteroatoms. The molecule has 0 aliphatic rings. The van der Waals surface area contributed by atoms with Gasteiger partial charge in [0.1, 0.15) is 5.69 Å². The minimum Gasteiger partial charge on any atom is -0.477 e. The van der Waals surface area contributed by atoms with Gasteiger partial charge in [0.15, 0.2) is 0 Å². The van der Waals surface area contributed by atoms with Gasteiger partial charge in [0.25, 0.3) is 0 Å². The van der Waals surface area contributed by atoms with Gasteiger partial charge in [0.05, 0.1) is 18.3 Å². The number of carbonyl (C=O) groups excluding carboxylic acids is 1. The summed E-state index contributed by atoms with van der Waals surface area (Å²) >= 11 is 0. The third-order valence-electron chi connectivity index (χ3n) is 2.88. The number of amides is 1. The fourth-order valence-electron chi connectivity index (χ4n) is 1.78. The van der Waals surface area contributed by atoms with Crippen molar-refractivity contribution in [2.75, 3.05) is 5.32 Å². The number of hydrogen-bond donors (Lipinski definition) is 2. The second kappa shape index (κ2) is 5.97. The van der Waals surface area contributed by atoms with Crippen molar-refractivity contribution in [3.8, 4) is 0 Å². The SMILES string of the molecule is Cc1ccccc1CC(=O)Nc1ccc(C(=O)O)nc1. The van der Waals surface area contributed by atoms with Crippen LogP contribution in [0.2, 0.25) is 0 Å². The van der Waals surface area contributed by atoms with E-state index in [1.165, 1.54) is 18.3 Å². The molecule has 0 unspecified atom stereocenters. The maximum absolute atomic E-state index is 11.9. The average Bonchev–Trinajstić information content (AvgIpc) is 2.42. The fourth-order valence-corrected chi connectivity index (χ4v) is 1.78. The van der Waals surface area contributed by atoms with E-state index in [1.807, 2.05) is 31.2 Å². The molecule has 2 N–H and O–H groups in total. The summed E-state index contributed by atoms with van der Waals surface area (Å²) in [5.41, 5.74) is 2.44. The van der Waals surface area contributed by atoms with Crippen LogP contribution in [0.1, 0.15) is 21.6 Å². The number of benzene rings is 1. The second-order valence-electron chi connectivity index (χ2n) is 4.39. The number of aryl methyl sites for hydroxylation is 1. The number of aromatic carboxylic acids is 1. The lowest BCUT2D eigenvalue weighted by molar-refractivity contribution is -0.115. The Hall–Kier alpha value is -2.69. The zero-order valence-corrected chi connectivity index (χ0v) is 11.0. The summed E-state index contributed by atoms with van der Waals surface area (Å²) in [4.78, 5) is 26.3. The number of anilines is 1. The van der Waals surface area contributed by atoms with Gasteiger partial charge in [0.2, 0.25) is 5.91 Å². The molecule has 2 rings (SSSR count). The molecule has 0 aliphatic carbocycles. The standard InChI is InChI=1S/C15H14N2O3/c1-10-4-2-3-5-11(10)8-14(18)17-12-6-7-13(15(19)20)16-9-12/h2-7,9H,8H2,1H3,(H,17,18)(H,19,20). The summed E-state index contributed by atoms with van der Waals surface area (Å²) < 4.78 is 0. The van der Waals surface area contributed by atoms with Crippen molar-refractivity contribution < 1.29 is 14.7 Å². The molecule has 0 bridgehead atoms. The van der Waals surface area contributed by atoms with Gasteiger partial charge in [-0.25, -0.2) is 9.78 Å². The molecule has 2 aromatic rings. The van der Waals surface area contributed by atoms with E-state index in [0.717, 1.165) is 11.1 Å². The van der Waals surface area contributed by atoms with Crippen LogP contribution < -0.4 is 5.32 Å². The zero-order chi connectivity index (χ0) is 14.5. The van der Waals surface area contributed by atoms with E-state index in [0.29, 0.717) is 5.69 Å². The van der Waals surface area contributed by atoms with Crippen LogP contribution in [0.15, 0.2) is 42.6 Å². The van der Waals surface area contributed by atoms with Crippen molar-refractivity contribution in [2.24, 2.45) is 0 Å². The summed E-state index contributed by atoms with van der Waals surface area (Å²) in [5.74, 6) is -1.26. The number of nitrogens with one attached hydrogen (secondary N) is 1. The van der Waals surface area contributed by atoms with Crippen molar-refractivity contribution in [1.82, 2.24) is 4.98 Å². The van der Waals surface area contributed by atoms with Crippen LogP contribution in [0.25, 0.3) is 0 Å². The molecule has 0 radical (unpaired) electrons. The third-order valence-corrected chi connectivity index (χ3v) is 2.88. The molecule has 0 spiro atoms. The van der Waals surface area contributed by atoms with Gasteiger partial charge in [0, 0.05) is 0 Å². The van der Waals surface area contributed by atoms with E-state index < -0.39 is 5.97 Å². The van der Waals surface area contributed by atoms with Gasteiger partial charge < -0.3 is 10.4 Å². The first-order chi connectivity index (χ1) is 9.56. The molecule has 5 nitrogen and oxygen atoms in total. The quantitative estimate of drug-likeness (QED) is 0.893.